The van der Waals surface area contributed by atoms with Crippen LogP contribution in [0.3, 0.4) is 0 Å². The third-order valence-corrected chi connectivity index (χ3v) is 6.40. The van der Waals surface area contributed by atoms with Gasteiger partial charge in [-0.25, -0.2) is 0 Å². The van der Waals surface area contributed by atoms with E-state index in [1.54, 1.807) is 0 Å². The Labute approximate surface area is 198 Å². The van der Waals surface area contributed by atoms with Crippen molar-refractivity contribution in [3.63, 3.8) is 0 Å². The minimum atomic E-state index is -0.116. The van der Waals surface area contributed by atoms with Crippen LogP contribution in [0.1, 0.15) is 5.56 Å². The van der Waals surface area contributed by atoms with E-state index in [1.165, 1.54) is 11.8 Å². The highest BCUT2D eigenvalue weighted by molar-refractivity contribution is 9.10. The molecule has 0 spiro atoms. The highest BCUT2D eigenvalue weighted by Crippen LogP contribution is 2.30. The molecule has 0 unspecified atom stereocenters. The highest BCUT2D eigenvalue weighted by Gasteiger charge is 2.18. The third kappa shape index (κ3) is 5.18. The van der Waals surface area contributed by atoms with Gasteiger partial charge in [-0.05, 0) is 55.0 Å². The zero-order valence-corrected chi connectivity index (χ0v) is 19.7. The van der Waals surface area contributed by atoms with E-state index in [0.717, 1.165) is 27.0 Å². The number of benzene rings is 3. The summed E-state index contributed by atoms with van der Waals surface area (Å²) in [7, 11) is 0. The molecule has 1 N–H and O–H groups in total. The SMILES string of the molecule is Cc1ccc(-c2nnc(SCC(=O)Nc3ccc(Br)cc3)n2-c2ccccc2)cc1Cl. The molecule has 0 aliphatic rings. The van der Waals surface area contributed by atoms with Crippen molar-refractivity contribution >= 4 is 50.9 Å². The van der Waals surface area contributed by atoms with Gasteiger partial charge in [0, 0.05) is 26.4 Å². The molecule has 1 aromatic heterocycles. The lowest BCUT2D eigenvalue weighted by atomic mass is 10.1. The Morgan fingerprint density at radius 3 is 2.52 bits per heavy atom. The second-order valence-corrected chi connectivity index (χ2v) is 9.05. The van der Waals surface area contributed by atoms with Crippen molar-refractivity contribution in [2.75, 3.05) is 11.1 Å². The largest absolute Gasteiger partial charge is 0.325 e. The van der Waals surface area contributed by atoms with E-state index in [9.17, 15) is 4.79 Å². The summed E-state index contributed by atoms with van der Waals surface area (Å²) in [6, 6.07) is 23.1. The van der Waals surface area contributed by atoms with Gasteiger partial charge in [0.2, 0.25) is 5.91 Å². The van der Waals surface area contributed by atoms with E-state index in [0.29, 0.717) is 16.0 Å². The Bertz CT molecular complexity index is 1210. The molecule has 1 amide bonds. The Hall–Kier alpha value is -2.61. The number of amides is 1. The van der Waals surface area contributed by atoms with Crippen LogP contribution >= 0.6 is 39.3 Å². The van der Waals surface area contributed by atoms with E-state index < -0.39 is 0 Å². The summed E-state index contributed by atoms with van der Waals surface area (Å²) in [5, 5.41) is 13.0. The van der Waals surface area contributed by atoms with E-state index in [1.807, 2.05) is 84.3 Å². The van der Waals surface area contributed by atoms with Gasteiger partial charge in [-0.1, -0.05) is 69.6 Å². The zero-order chi connectivity index (χ0) is 21.8. The van der Waals surface area contributed by atoms with Crippen LogP contribution in [0.4, 0.5) is 5.69 Å². The number of aryl methyl sites for hydroxylation is 1. The summed E-state index contributed by atoms with van der Waals surface area (Å²) in [6.45, 7) is 1.96. The van der Waals surface area contributed by atoms with Crippen LogP contribution in [-0.4, -0.2) is 26.4 Å². The van der Waals surface area contributed by atoms with Crippen LogP contribution in [-0.2, 0) is 4.79 Å². The maximum absolute atomic E-state index is 12.5. The molecule has 156 valence electrons. The van der Waals surface area contributed by atoms with Gasteiger partial charge in [0.05, 0.1) is 5.75 Å². The fourth-order valence-electron chi connectivity index (χ4n) is 2.95. The Balaban J connectivity index is 1.60. The van der Waals surface area contributed by atoms with Gasteiger partial charge >= 0.3 is 0 Å². The van der Waals surface area contributed by atoms with Crippen LogP contribution in [0.5, 0.6) is 0 Å². The molecule has 5 nitrogen and oxygen atoms in total. The van der Waals surface area contributed by atoms with Crippen LogP contribution in [0, 0.1) is 6.92 Å². The molecule has 0 radical (unpaired) electrons. The molecule has 4 rings (SSSR count). The quantitative estimate of drug-likeness (QED) is 0.304. The Morgan fingerprint density at radius 1 is 1.06 bits per heavy atom. The lowest BCUT2D eigenvalue weighted by Gasteiger charge is -2.11. The number of rotatable bonds is 6. The molecule has 4 aromatic rings. The van der Waals surface area contributed by atoms with Crippen LogP contribution < -0.4 is 5.32 Å². The molecule has 0 aliphatic heterocycles. The molecule has 0 bridgehead atoms. The van der Waals surface area contributed by atoms with Crippen molar-refractivity contribution < 1.29 is 4.79 Å². The van der Waals surface area contributed by atoms with E-state index >= 15 is 0 Å². The zero-order valence-electron chi connectivity index (χ0n) is 16.5. The number of carbonyl (C=O) groups excluding carboxylic acids is 1. The number of para-hydroxylation sites is 1. The Morgan fingerprint density at radius 2 is 1.81 bits per heavy atom. The van der Waals surface area contributed by atoms with Crippen molar-refractivity contribution in [2.45, 2.75) is 12.1 Å². The molecule has 31 heavy (non-hydrogen) atoms. The van der Waals surface area contributed by atoms with Crippen molar-refractivity contribution in [2.24, 2.45) is 0 Å². The molecule has 0 saturated heterocycles. The van der Waals surface area contributed by atoms with Crippen LogP contribution in [0.15, 0.2) is 82.4 Å². The number of halogens is 2. The summed E-state index contributed by atoms with van der Waals surface area (Å²) in [6.07, 6.45) is 0. The van der Waals surface area contributed by atoms with Crippen LogP contribution in [0.2, 0.25) is 5.02 Å². The normalized spacial score (nSPS) is 10.8. The van der Waals surface area contributed by atoms with Gasteiger partial charge < -0.3 is 5.32 Å². The van der Waals surface area contributed by atoms with Gasteiger partial charge in [-0.15, -0.1) is 10.2 Å². The maximum Gasteiger partial charge on any atom is 0.234 e. The van der Waals surface area contributed by atoms with Gasteiger partial charge in [0.15, 0.2) is 11.0 Å². The number of aromatic nitrogens is 3. The summed E-state index contributed by atoms with van der Waals surface area (Å²) in [4.78, 5) is 12.5. The highest BCUT2D eigenvalue weighted by atomic mass is 79.9. The lowest BCUT2D eigenvalue weighted by molar-refractivity contribution is -0.113. The van der Waals surface area contributed by atoms with Crippen LogP contribution in [0.25, 0.3) is 17.1 Å². The number of nitrogens with one attached hydrogen (secondary N) is 1. The first-order valence-corrected chi connectivity index (χ1v) is 11.6. The number of carbonyl (C=O) groups is 1. The minimum absolute atomic E-state index is 0.116. The smallest absolute Gasteiger partial charge is 0.234 e. The lowest BCUT2D eigenvalue weighted by Crippen LogP contribution is -2.14. The molecule has 0 aliphatic carbocycles. The van der Waals surface area contributed by atoms with Crippen molar-refractivity contribution in [3.05, 3.63) is 87.9 Å². The maximum atomic E-state index is 12.5. The van der Waals surface area contributed by atoms with Gasteiger partial charge in [-0.2, -0.15) is 0 Å². The standard InChI is InChI=1S/C23H18BrClN4OS/c1-15-7-8-16(13-20(15)25)22-27-28-23(29(22)19-5-3-2-4-6-19)31-14-21(30)26-18-11-9-17(24)10-12-18/h2-13H,14H2,1H3,(H,26,30). The van der Waals surface area contributed by atoms with Crippen molar-refractivity contribution in [1.82, 2.24) is 14.8 Å². The minimum Gasteiger partial charge on any atom is -0.325 e. The fraction of sp³-hybridized carbons (Fsp3) is 0.0870. The molecule has 0 atom stereocenters. The number of thioether (sulfide) groups is 1. The summed E-state index contributed by atoms with van der Waals surface area (Å²) >= 11 is 11.1. The summed E-state index contributed by atoms with van der Waals surface area (Å²) < 4.78 is 2.90. The predicted octanol–water partition coefficient (Wildman–Crippen LogP) is 6.39. The average Bonchev–Trinajstić information content (AvgIpc) is 3.20. The van der Waals surface area contributed by atoms with Gasteiger partial charge in [0.25, 0.3) is 0 Å². The predicted molar refractivity (Wildman–Crippen MR) is 130 cm³/mol. The molecular weight excluding hydrogens is 496 g/mol. The molecular formula is C23H18BrClN4OS. The van der Waals surface area contributed by atoms with Crippen molar-refractivity contribution in [3.8, 4) is 17.1 Å². The summed E-state index contributed by atoms with van der Waals surface area (Å²) in [5.74, 6) is 0.758. The van der Waals surface area contributed by atoms with E-state index in [2.05, 4.69) is 31.4 Å². The monoisotopic (exact) mass is 512 g/mol. The van der Waals surface area contributed by atoms with Gasteiger partial charge in [-0.3, -0.25) is 9.36 Å². The number of hydrogen-bond acceptors (Lipinski definition) is 4. The fourth-order valence-corrected chi connectivity index (χ4v) is 4.15. The second-order valence-electron chi connectivity index (χ2n) is 6.78. The molecule has 8 heteroatoms. The number of anilines is 1. The van der Waals surface area contributed by atoms with E-state index in [-0.39, 0.29) is 11.7 Å². The number of nitrogens with zero attached hydrogens (tertiary/aromatic N) is 3. The van der Waals surface area contributed by atoms with Gasteiger partial charge in [0.1, 0.15) is 0 Å². The topological polar surface area (TPSA) is 59.8 Å². The first-order valence-electron chi connectivity index (χ1n) is 9.47. The second kappa shape index (κ2) is 9.68. The first-order chi connectivity index (χ1) is 15.0. The molecule has 0 saturated carbocycles. The van der Waals surface area contributed by atoms with E-state index in [4.69, 9.17) is 11.6 Å². The molecule has 3 aromatic carbocycles. The first kappa shape index (κ1) is 21.6. The number of hydrogen-bond donors (Lipinski definition) is 1. The third-order valence-electron chi connectivity index (χ3n) is 4.54. The molecule has 1 heterocycles. The average molecular weight is 514 g/mol. The molecule has 0 fully saturated rings. The summed E-state index contributed by atoms with van der Waals surface area (Å²) in [5.41, 5.74) is 3.51. The van der Waals surface area contributed by atoms with Crippen molar-refractivity contribution in [1.29, 1.82) is 0 Å². The Kier molecular flexibility index (Phi) is 6.75.